The minimum Gasteiger partial charge on any atom is -0.481 e. The summed E-state index contributed by atoms with van der Waals surface area (Å²) in [6.07, 6.45) is 1.92. The second kappa shape index (κ2) is 4.82. The molecule has 0 radical (unpaired) electrons. The molecule has 1 heterocycles. The third-order valence-corrected chi connectivity index (χ3v) is 3.41. The Morgan fingerprint density at radius 2 is 2.19 bits per heavy atom. The summed E-state index contributed by atoms with van der Waals surface area (Å²) in [5.41, 5.74) is 4.76. The van der Waals surface area contributed by atoms with Gasteiger partial charge >= 0.3 is 5.97 Å². The fraction of sp³-hybridized carbons (Fsp3) is 0.818. The Hall–Kier alpha value is -1.10. The largest absolute Gasteiger partial charge is 0.481 e. The minimum absolute atomic E-state index is 0.154. The molecule has 0 aromatic rings. The molecular weight excluding hydrogens is 208 g/mol. The molecule has 0 aliphatic carbocycles. The molecule has 1 aliphatic rings. The van der Waals surface area contributed by atoms with Gasteiger partial charge in [0.1, 0.15) is 0 Å². The fourth-order valence-electron chi connectivity index (χ4n) is 2.22. The van der Waals surface area contributed by atoms with Crippen LogP contribution in [0.5, 0.6) is 0 Å². The van der Waals surface area contributed by atoms with E-state index in [2.05, 4.69) is 0 Å². The zero-order chi connectivity index (χ0) is 12.3. The highest BCUT2D eigenvalue weighted by Crippen LogP contribution is 2.33. The summed E-state index contributed by atoms with van der Waals surface area (Å²) in [7, 11) is 0. The first kappa shape index (κ1) is 13.0. The predicted molar refractivity (Wildman–Crippen MR) is 59.8 cm³/mol. The lowest BCUT2D eigenvalue weighted by molar-refractivity contribution is -0.155. The lowest BCUT2D eigenvalue weighted by atomic mass is 9.77. The van der Waals surface area contributed by atoms with Crippen molar-refractivity contribution in [3.63, 3.8) is 0 Å². The molecule has 0 saturated carbocycles. The summed E-state index contributed by atoms with van der Waals surface area (Å²) in [5.74, 6) is -0.962. The maximum absolute atomic E-state index is 11.7. The summed E-state index contributed by atoms with van der Waals surface area (Å²) in [4.78, 5) is 24.6. The molecule has 1 aliphatic heterocycles. The molecule has 1 saturated heterocycles. The number of piperidine rings is 1. The van der Waals surface area contributed by atoms with E-state index in [4.69, 9.17) is 5.73 Å². The first-order valence-electron chi connectivity index (χ1n) is 5.71. The molecule has 1 fully saturated rings. The van der Waals surface area contributed by atoms with Crippen molar-refractivity contribution in [3.05, 3.63) is 0 Å². The monoisotopic (exact) mass is 228 g/mol. The molecule has 3 N–H and O–H groups in total. The molecular formula is C11H20N2O3. The molecule has 2 atom stereocenters. The predicted octanol–water partition coefficient (Wildman–Crippen LogP) is 0.437. The number of carbonyl (C=O) groups is 2. The lowest BCUT2D eigenvalue weighted by Crippen LogP contribution is -2.53. The van der Waals surface area contributed by atoms with Gasteiger partial charge in [-0.2, -0.15) is 0 Å². The zero-order valence-electron chi connectivity index (χ0n) is 9.90. The molecule has 1 rings (SSSR count). The van der Waals surface area contributed by atoms with Crippen LogP contribution in [0.25, 0.3) is 0 Å². The molecule has 16 heavy (non-hydrogen) atoms. The van der Waals surface area contributed by atoms with E-state index in [9.17, 15) is 14.7 Å². The van der Waals surface area contributed by atoms with Crippen LogP contribution >= 0.6 is 0 Å². The number of aliphatic carboxylic acids is 1. The third kappa shape index (κ3) is 2.35. The smallest absolute Gasteiger partial charge is 0.311 e. The van der Waals surface area contributed by atoms with Gasteiger partial charge in [-0.1, -0.05) is 6.92 Å². The van der Waals surface area contributed by atoms with Crippen LogP contribution in [0.2, 0.25) is 0 Å². The Morgan fingerprint density at radius 3 is 2.62 bits per heavy atom. The van der Waals surface area contributed by atoms with Gasteiger partial charge in [0.15, 0.2) is 0 Å². The van der Waals surface area contributed by atoms with Crippen LogP contribution in [0.1, 0.15) is 33.1 Å². The van der Waals surface area contributed by atoms with Crippen molar-refractivity contribution in [2.75, 3.05) is 13.1 Å². The number of nitrogens with two attached hydrogens (primary N) is 1. The van der Waals surface area contributed by atoms with E-state index in [1.807, 2.05) is 6.92 Å². The zero-order valence-corrected chi connectivity index (χ0v) is 9.90. The van der Waals surface area contributed by atoms with Gasteiger partial charge in [-0.25, -0.2) is 0 Å². The molecule has 1 amide bonds. The van der Waals surface area contributed by atoms with E-state index in [-0.39, 0.29) is 5.91 Å². The molecule has 1 unspecified atom stereocenters. The first-order valence-corrected chi connectivity index (χ1v) is 5.71. The molecule has 5 nitrogen and oxygen atoms in total. The van der Waals surface area contributed by atoms with Gasteiger partial charge < -0.3 is 15.7 Å². The summed E-state index contributed by atoms with van der Waals surface area (Å²) < 4.78 is 0. The van der Waals surface area contributed by atoms with Gasteiger partial charge in [-0.15, -0.1) is 0 Å². The lowest BCUT2D eigenvalue weighted by Gasteiger charge is -2.40. The van der Waals surface area contributed by atoms with Crippen molar-refractivity contribution in [2.24, 2.45) is 11.1 Å². The summed E-state index contributed by atoms with van der Waals surface area (Å²) in [6.45, 7) is 4.40. The summed E-state index contributed by atoms with van der Waals surface area (Å²) >= 11 is 0. The number of hydrogen-bond donors (Lipinski definition) is 2. The second-order valence-electron chi connectivity index (χ2n) is 4.59. The van der Waals surface area contributed by atoms with E-state index < -0.39 is 17.4 Å². The number of likely N-dealkylation sites (tertiary alicyclic amines) is 1. The Kier molecular flexibility index (Phi) is 3.91. The van der Waals surface area contributed by atoms with E-state index in [0.29, 0.717) is 25.9 Å². The average molecular weight is 228 g/mol. The molecule has 0 spiro atoms. The van der Waals surface area contributed by atoms with Gasteiger partial charge in [0.05, 0.1) is 11.5 Å². The molecule has 92 valence electrons. The SMILES string of the molecule is CCC1(C(=O)O)CCCN(C(=O)[C@H](C)N)C1. The molecule has 0 aromatic heterocycles. The molecule has 0 aromatic carbocycles. The van der Waals surface area contributed by atoms with Crippen molar-refractivity contribution in [1.29, 1.82) is 0 Å². The number of amides is 1. The highest BCUT2D eigenvalue weighted by atomic mass is 16.4. The van der Waals surface area contributed by atoms with Crippen molar-refractivity contribution in [3.8, 4) is 0 Å². The maximum atomic E-state index is 11.7. The van der Waals surface area contributed by atoms with Crippen molar-refractivity contribution in [2.45, 2.75) is 39.2 Å². The Bertz CT molecular complexity index is 291. The van der Waals surface area contributed by atoms with Gasteiger partial charge in [0.2, 0.25) is 5.91 Å². The van der Waals surface area contributed by atoms with Crippen molar-refractivity contribution >= 4 is 11.9 Å². The van der Waals surface area contributed by atoms with Crippen LogP contribution in [0, 0.1) is 5.41 Å². The maximum Gasteiger partial charge on any atom is 0.311 e. The fourth-order valence-corrected chi connectivity index (χ4v) is 2.22. The van der Waals surface area contributed by atoms with Crippen molar-refractivity contribution < 1.29 is 14.7 Å². The first-order chi connectivity index (χ1) is 7.43. The number of nitrogens with zero attached hydrogens (tertiary/aromatic N) is 1. The number of carboxylic acid groups (broad SMARTS) is 1. The number of rotatable bonds is 3. The van der Waals surface area contributed by atoms with Crippen LogP contribution in [-0.2, 0) is 9.59 Å². The summed E-state index contributed by atoms with van der Waals surface area (Å²) in [6, 6.07) is -0.554. The standard InChI is InChI=1S/C11H20N2O3/c1-3-11(10(15)16)5-4-6-13(7-11)9(14)8(2)12/h8H,3-7,12H2,1-2H3,(H,15,16)/t8-,11?/m0/s1. The van der Waals surface area contributed by atoms with Gasteiger partial charge in [-0.3, -0.25) is 9.59 Å². The quantitative estimate of drug-likeness (QED) is 0.734. The van der Waals surface area contributed by atoms with Gasteiger partial charge in [0.25, 0.3) is 0 Å². The Morgan fingerprint density at radius 1 is 1.56 bits per heavy atom. The van der Waals surface area contributed by atoms with E-state index in [0.717, 1.165) is 6.42 Å². The highest BCUT2D eigenvalue weighted by molar-refractivity contribution is 5.83. The minimum atomic E-state index is -0.808. The molecule has 5 heteroatoms. The molecule has 0 bridgehead atoms. The van der Waals surface area contributed by atoms with Crippen LogP contribution in [0.4, 0.5) is 0 Å². The topological polar surface area (TPSA) is 83.6 Å². The van der Waals surface area contributed by atoms with Crippen molar-refractivity contribution in [1.82, 2.24) is 4.90 Å². The van der Waals surface area contributed by atoms with Crippen LogP contribution in [-0.4, -0.2) is 41.0 Å². The van der Waals surface area contributed by atoms with Crippen LogP contribution < -0.4 is 5.73 Å². The average Bonchev–Trinajstić information content (AvgIpc) is 2.27. The van der Waals surface area contributed by atoms with E-state index >= 15 is 0 Å². The van der Waals surface area contributed by atoms with Gasteiger partial charge in [0, 0.05) is 13.1 Å². The van der Waals surface area contributed by atoms with E-state index in [1.165, 1.54) is 0 Å². The number of carboxylic acids is 1. The number of hydrogen-bond acceptors (Lipinski definition) is 3. The van der Waals surface area contributed by atoms with Crippen LogP contribution in [0.15, 0.2) is 0 Å². The van der Waals surface area contributed by atoms with Crippen LogP contribution in [0.3, 0.4) is 0 Å². The van der Waals surface area contributed by atoms with E-state index in [1.54, 1.807) is 11.8 Å². The summed E-state index contributed by atoms with van der Waals surface area (Å²) in [5, 5.41) is 9.26. The highest BCUT2D eigenvalue weighted by Gasteiger charge is 2.42. The second-order valence-corrected chi connectivity index (χ2v) is 4.59. The third-order valence-electron chi connectivity index (χ3n) is 3.41. The number of carbonyl (C=O) groups excluding carboxylic acids is 1. The Labute approximate surface area is 95.6 Å². The Balaban J connectivity index is 2.80. The normalized spacial score (nSPS) is 27.6. The van der Waals surface area contributed by atoms with Gasteiger partial charge in [-0.05, 0) is 26.2 Å².